The van der Waals surface area contributed by atoms with E-state index in [4.69, 9.17) is 27.6 Å². The molecule has 0 saturated carbocycles. The number of carbonyl (C=O) groups excluding carboxylic acids is 3. The molecule has 0 unspecified atom stereocenters. The van der Waals surface area contributed by atoms with Crippen molar-refractivity contribution in [3.8, 4) is 0 Å². The Bertz CT molecular complexity index is 935. The number of hydrogen-bond donors (Lipinski definition) is 1. The molecule has 0 aliphatic carbocycles. The van der Waals surface area contributed by atoms with Crippen LogP contribution in [0.4, 0.5) is 4.79 Å². The summed E-state index contributed by atoms with van der Waals surface area (Å²) in [5, 5.41) is 3.21. The number of rotatable bonds is 4. The fourth-order valence-corrected chi connectivity index (χ4v) is 2.62. The van der Waals surface area contributed by atoms with Crippen LogP contribution in [0.25, 0.3) is 6.08 Å². The van der Waals surface area contributed by atoms with E-state index < -0.39 is 17.9 Å². The molecule has 0 radical (unpaired) electrons. The number of carbonyl (C=O) groups is 3. The maximum absolute atomic E-state index is 12.5. The average molecular weight is 395 g/mol. The molecule has 2 heterocycles. The first-order valence-electron chi connectivity index (χ1n) is 7.35. The van der Waals surface area contributed by atoms with Crippen LogP contribution in [0.15, 0.2) is 40.4 Å². The maximum atomic E-state index is 12.5. The van der Waals surface area contributed by atoms with E-state index in [1.54, 1.807) is 18.2 Å². The van der Waals surface area contributed by atoms with Crippen molar-refractivity contribution in [2.24, 2.45) is 0 Å². The van der Waals surface area contributed by atoms with Crippen LogP contribution in [0, 0.1) is 0 Å². The van der Waals surface area contributed by atoms with Crippen LogP contribution >= 0.6 is 23.2 Å². The zero-order chi connectivity index (χ0) is 18.8. The highest BCUT2D eigenvalue weighted by Crippen LogP contribution is 2.25. The van der Waals surface area contributed by atoms with Gasteiger partial charge >= 0.3 is 12.0 Å². The number of esters is 1. The summed E-state index contributed by atoms with van der Waals surface area (Å²) < 4.78 is 9.82. The number of halogens is 2. The third-order valence-electron chi connectivity index (χ3n) is 3.58. The molecule has 3 amide bonds. The lowest BCUT2D eigenvalue weighted by Crippen LogP contribution is -2.30. The number of benzene rings is 1. The van der Waals surface area contributed by atoms with E-state index in [2.05, 4.69) is 10.1 Å². The Hall–Kier alpha value is -2.77. The number of hydrogen-bond acceptors (Lipinski definition) is 5. The largest absolute Gasteiger partial charge is 0.463 e. The summed E-state index contributed by atoms with van der Waals surface area (Å²) in [6.45, 7) is -0.125. The Labute approximate surface area is 158 Å². The number of nitrogens with one attached hydrogen (secondary N) is 1. The Balaban J connectivity index is 1.78. The topological polar surface area (TPSA) is 88.9 Å². The summed E-state index contributed by atoms with van der Waals surface area (Å²) in [5.41, 5.74) is 0.698. The van der Waals surface area contributed by atoms with E-state index in [0.717, 1.165) is 4.90 Å². The summed E-state index contributed by atoms with van der Waals surface area (Å²) in [6, 6.07) is 7.14. The lowest BCUT2D eigenvalue weighted by molar-refractivity contribution is -0.123. The lowest BCUT2D eigenvalue weighted by Gasteiger charge is -2.09. The molecule has 3 rings (SSSR count). The summed E-state index contributed by atoms with van der Waals surface area (Å²) in [5.74, 6) is -0.920. The first kappa shape index (κ1) is 18.0. The average Bonchev–Trinajstić information content (AvgIpc) is 3.18. The molecule has 134 valence electrons. The molecule has 1 aromatic heterocycles. The molecule has 26 heavy (non-hydrogen) atoms. The molecule has 1 aliphatic heterocycles. The number of urea groups is 1. The van der Waals surface area contributed by atoms with Gasteiger partial charge < -0.3 is 14.5 Å². The molecule has 9 heteroatoms. The van der Waals surface area contributed by atoms with Gasteiger partial charge in [0.15, 0.2) is 0 Å². The normalized spacial score (nSPS) is 15.5. The Morgan fingerprint density at radius 2 is 2.00 bits per heavy atom. The summed E-state index contributed by atoms with van der Waals surface area (Å²) in [4.78, 5) is 36.9. The van der Waals surface area contributed by atoms with Crippen molar-refractivity contribution in [2.45, 2.75) is 6.54 Å². The molecule has 7 nitrogen and oxygen atoms in total. The van der Waals surface area contributed by atoms with Crippen LogP contribution in [-0.2, 0) is 16.1 Å². The van der Waals surface area contributed by atoms with E-state index >= 15 is 0 Å². The fourth-order valence-electron chi connectivity index (χ4n) is 2.31. The molecule has 1 fully saturated rings. The fraction of sp³-hybridized carbons (Fsp3) is 0.118. The van der Waals surface area contributed by atoms with Gasteiger partial charge in [-0.05, 0) is 35.9 Å². The highest BCUT2D eigenvalue weighted by Gasteiger charge is 2.34. The smallest absolute Gasteiger partial charge is 0.373 e. The van der Waals surface area contributed by atoms with Gasteiger partial charge in [0, 0.05) is 0 Å². The predicted octanol–water partition coefficient (Wildman–Crippen LogP) is 3.47. The SMILES string of the molecule is COC(=O)c1ccc(CN2C(=O)N/C(=C\c3ccc(Cl)c(Cl)c3)C2=O)o1. The van der Waals surface area contributed by atoms with E-state index in [1.165, 1.54) is 25.3 Å². The molecule has 2 aromatic rings. The quantitative estimate of drug-likeness (QED) is 0.487. The molecule has 0 bridgehead atoms. The van der Waals surface area contributed by atoms with Gasteiger partial charge in [-0.15, -0.1) is 0 Å². The number of nitrogens with zero attached hydrogens (tertiary/aromatic N) is 1. The van der Waals surface area contributed by atoms with Gasteiger partial charge in [-0.3, -0.25) is 9.69 Å². The Kier molecular flexibility index (Phi) is 5.01. The molecular formula is C17H12Cl2N2O5. The van der Waals surface area contributed by atoms with Crippen molar-refractivity contribution in [3.63, 3.8) is 0 Å². The highest BCUT2D eigenvalue weighted by molar-refractivity contribution is 6.42. The number of furan rings is 1. The zero-order valence-corrected chi connectivity index (χ0v) is 14.9. The van der Waals surface area contributed by atoms with Crippen LogP contribution in [0.5, 0.6) is 0 Å². The molecule has 0 spiro atoms. The summed E-state index contributed by atoms with van der Waals surface area (Å²) in [6.07, 6.45) is 1.49. The second kappa shape index (κ2) is 7.23. The first-order valence-corrected chi connectivity index (χ1v) is 8.11. The van der Waals surface area contributed by atoms with Crippen LogP contribution in [-0.4, -0.2) is 29.9 Å². The van der Waals surface area contributed by atoms with Crippen LogP contribution in [0.2, 0.25) is 10.0 Å². The lowest BCUT2D eigenvalue weighted by atomic mass is 10.2. The van der Waals surface area contributed by atoms with Gasteiger partial charge in [-0.25, -0.2) is 9.59 Å². The minimum atomic E-state index is -0.645. The molecule has 1 saturated heterocycles. The van der Waals surface area contributed by atoms with Gasteiger partial charge in [-0.1, -0.05) is 29.3 Å². The van der Waals surface area contributed by atoms with Gasteiger partial charge in [0.2, 0.25) is 5.76 Å². The predicted molar refractivity (Wildman–Crippen MR) is 93.6 cm³/mol. The number of amides is 3. The minimum absolute atomic E-state index is 0.0128. The van der Waals surface area contributed by atoms with Crippen LogP contribution in [0.1, 0.15) is 21.9 Å². The van der Waals surface area contributed by atoms with E-state index in [-0.39, 0.29) is 23.8 Å². The highest BCUT2D eigenvalue weighted by atomic mass is 35.5. The number of methoxy groups -OCH3 is 1. The van der Waals surface area contributed by atoms with Gasteiger partial charge in [-0.2, -0.15) is 0 Å². The van der Waals surface area contributed by atoms with Gasteiger partial charge in [0.1, 0.15) is 11.5 Å². The third kappa shape index (κ3) is 3.58. The number of ether oxygens (including phenoxy) is 1. The number of imide groups is 1. The van der Waals surface area contributed by atoms with Gasteiger partial charge in [0.05, 0.1) is 23.7 Å². The summed E-state index contributed by atoms with van der Waals surface area (Å²) in [7, 11) is 1.22. The van der Waals surface area contributed by atoms with Crippen molar-refractivity contribution in [1.82, 2.24) is 10.2 Å². The van der Waals surface area contributed by atoms with Crippen molar-refractivity contribution in [2.75, 3.05) is 7.11 Å². The van der Waals surface area contributed by atoms with E-state index in [0.29, 0.717) is 15.6 Å². The van der Waals surface area contributed by atoms with Gasteiger partial charge in [0.25, 0.3) is 5.91 Å². The zero-order valence-electron chi connectivity index (χ0n) is 13.4. The van der Waals surface area contributed by atoms with Crippen LogP contribution < -0.4 is 5.32 Å². The Morgan fingerprint density at radius 3 is 2.69 bits per heavy atom. The molecule has 1 aliphatic rings. The second-order valence-corrected chi connectivity index (χ2v) is 6.12. The van der Waals surface area contributed by atoms with Crippen molar-refractivity contribution >= 4 is 47.2 Å². The Morgan fingerprint density at radius 1 is 1.23 bits per heavy atom. The van der Waals surface area contributed by atoms with Crippen molar-refractivity contribution < 1.29 is 23.5 Å². The standard InChI is InChI=1S/C17H12Cl2N2O5/c1-25-16(23)14-5-3-10(26-14)8-21-15(22)13(20-17(21)24)7-9-2-4-11(18)12(19)6-9/h2-7H,8H2,1H3,(H,20,24)/b13-7-. The molecule has 1 aromatic carbocycles. The molecule has 0 atom stereocenters. The minimum Gasteiger partial charge on any atom is -0.463 e. The first-order chi connectivity index (χ1) is 12.4. The van der Waals surface area contributed by atoms with Crippen LogP contribution in [0.3, 0.4) is 0 Å². The maximum Gasteiger partial charge on any atom is 0.373 e. The van der Waals surface area contributed by atoms with E-state index in [1.807, 2.05) is 0 Å². The van der Waals surface area contributed by atoms with E-state index in [9.17, 15) is 14.4 Å². The van der Waals surface area contributed by atoms with Crippen molar-refractivity contribution in [1.29, 1.82) is 0 Å². The summed E-state index contributed by atoms with van der Waals surface area (Å²) >= 11 is 11.8. The molecular weight excluding hydrogens is 383 g/mol. The molecule has 1 N–H and O–H groups in total. The monoisotopic (exact) mass is 394 g/mol. The second-order valence-electron chi connectivity index (χ2n) is 5.31. The third-order valence-corrected chi connectivity index (χ3v) is 4.32. The van der Waals surface area contributed by atoms with Crippen molar-refractivity contribution in [3.05, 3.63) is 63.2 Å².